The molecule has 1 fully saturated rings. The van der Waals surface area contributed by atoms with E-state index < -0.39 is 0 Å². The lowest BCUT2D eigenvalue weighted by Gasteiger charge is -2.35. The molecule has 0 unspecified atom stereocenters. The minimum atomic E-state index is -0.0779. The maximum Gasteiger partial charge on any atom is 0.119 e. The van der Waals surface area contributed by atoms with Crippen LogP contribution in [0.1, 0.15) is 44.1 Å². The zero-order valence-electron chi connectivity index (χ0n) is 12.6. The Labute approximate surface area is 122 Å². The summed E-state index contributed by atoms with van der Waals surface area (Å²) in [5.41, 5.74) is 6.77. The molecule has 0 atom stereocenters. The fraction of sp³-hybridized carbons (Fsp3) is 0.647. The first-order chi connectivity index (χ1) is 9.78. The third-order valence-corrected chi connectivity index (χ3v) is 4.27. The largest absolute Gasteiger partial charge is 0.491 e. The van der Waals surface area contributed by atoms with Gasteiger partial charge < -0.3 is 15.2 Å². The van der Waals surface area contributed by atoms with E-state index >= 15 is 0 Å². The number of aryl methyl sites for hydroxylation is 1. The van der Waals surface area contributed by atoms with Crippen molar-refractivity contribution in [1.29, 1.82) is 0 Å². The van der Waals surface area contributed by atoms with Crippen molar-refractivity contribution < 1.29 is 9.47 Å². The predicted octanol–water partition coefficient (Wildman–Crippen LogP) is 3.31. The van der Waals surface area contributed by atoms with Crippen LogP contribution in [0, 0.1) is 0 Å². The van der Waals surface area contributed by atoms with Crippen LogP contribution in [0.4, 0.5) is 0 Å². The Morgan fingerprint density at radius 3 is 2.70 bits per heavy atom. The quantitative estimate of drug-likeness (QED) is 0.831. The summed E-state index contributed by atoms with van der Waals surface area (Å²) >= 11 is 0. The molecule has 0 amide bonds. The van der Waals surface area contributed by atoms with Crippen molar-refractivity contribution in [3.8, 4) is 5.75 Å². The Kier molecular flexibility index (Phi) is 5.86. The van der Waals surface area contributed by atoms with Crippen molar-refractivity contribution in [2.75, 3.05) is 20.3 Å². The molecule has 1 aliphatic rings. The standard InChI is InChI=1S/C17H27NO2/c1-19-17(10-3-2-4-11-17)14-20-16-9-5-7-15(13-16)8-6-12-18/h5,7,9,13H,2-4,6,8,10-12,14,18H2,1H3. The van der Waals surface area contributed by atoms with Crippen molar-refractivity contribution in [2.45, 2.75) is 50.5 Å². The van der Waals surface area contributed by atoms with Gasteiger partial charge in [-0.05, 0) is 49.9 Å². The maximum absolute atomic E-state index is 6.00. The topological polar surface area (TPSA) is 44.5 Å². The fourth-order valence-corrected chi connectivity index (χ4v) is 2.92. The molecule has 0 aliphatic heterocycles. The Morgan fingerprint density at radius 2 is 2.00 bits per heavy atom. The molecule has 1 aromatic rings. The summed E-state index contributed by atoms with van der Waals surface area (Å²) in [7, 11) is 1.81. The SMILES string of the molecule is COC1(COc2cccc(CCCN)c2)CCCCC1. The van der Waals surface area contributed by atoms with Gasteiger partial charge in [-0.1, -0.05) is 31.4 Å². The normalized spacial score (nSPS) is 17.9. The number of benzene rings is 1. The van der Waals surface area contributed by atoms with Gasteiger partial charge in [-0.3, -0.25) is 0 Å². The molecule has 20 heavy (non-hydrogen) atoms. The molecule has 2 rings (SSSR count). The molecule has 1 aliphatic carbocycles. The van der Waals surface area contributed by atoms with Gasteiger partial charge in [-0.25, -0.2) is 0 Å². The number of methoxy groups -OCH3 is 1. The fourth-order valence-electron chi connectivity index (χ4n) is 2.92. The van der Waals surface area contributed by atoms with Gasteiger partial charge in [0.15, 0.2) is 0 Å². The summed E-state index contributed by atoms with van der Waals surface area (Å²) in [6.45, 7) is 1.39. The van der Waals surface area contributed by atoms with Gasteiger partial charge in [0.1, 0.15) is 18.0 Å². The molecule has 112 valence electrons. The van der Waals surface area contributed by atoms with Gasteiger partial charge in [0, 0.05) is 7.11 Å². The van der Waals surface area contributed by atoms with Crippen molar-refractivity contribution in [1.82, 2.24) is 0 Å². The van der Waals surface area contributed by atoms with Gasteiger partial charge in [-0.2, -0.15) is 0 Å². The number of ether oxygens (including phenoxy) is 2. The van der Waals surface area contributed by atoms with Gasteiger partial charge in [-0.15, -0.1) is 0 Å². The lowest BCUT2D eigenvalue weighted by Crippen LogP contribution is -2.40. The first-order valence-electron chi connectivity index (χ1n) is 7.75. The summed E-state index contributed by atoms with van der Waals surface area (Å²) in [5.74, 6) is 0.946. The van der Waals surface area contributed by atoms with E-state index in [2.05, 4.69) is 18.2 Å². The van der Waals surface area contributed by atoms with Crippen LogP contribution in [0.15, 0.2) is 24.3 Å². The number of rotatable bonds is 7. The van der Waals surface area contributed by atoms with E-state index in [0.717, 1.165) is 38.0 Å². The Hall–Kier alpha value is -1.06. The molecular weight excluding hydrogens is 250 g/mol. The lowest BCUT2D eigenvalue weighted by molar-refractivity contribution is -0.0686. The summed E-state index contributed by atoms with van der Waals surface area (Å²) in [6.07, 6.45) is 8.06. The van der Waals surface area contributed by atoms with Crippen LogP contribution < -0.4 is 10.5 Å². The highest BCUT2D eigenvalue weighted by atomic mass is 16.5. The Bertz CT molecular complexity index is 400. The molecule has 0 spiro atoms. The van der Waals surface area contributed by atoms with Gasteiger partial charge in [0.2, 0.25) is 0 Å². The second kappa shape index (κ2) is 7.65. The van der Waals surface area contributed by atoms with E-state index in [0.29, 0.717) is 6.61 Å². The molecule has 2 N–H and O–H groups in total. The minimum Gasteiger partial charge on any atom is -0.491 e. The molecule has 1 saturated carbocycles. The highest BCUT2D eigenvalue weighted by Crippen LogP contribution is 2.31. The molecular formula is C17H27NO2. The maximum atomic E-state index is 6.00. The molecule has 1 aromatic carbocycles. The van der Waals surface area contributed by atoms with Crippen molar-refractivity contribution in [3.05, 3.63) is 29.8 Å². The van der Waals surface area contributed by atoms with Crippen molar-refractivity contribution in [2.24, 2.45) is 5.73 Å². The van der Waals surface area contributed by atoms with Crippen LogP contribution in [0.2, 0.25) is 0 Å². The van der Waals surface area contributed by atoms with Crippen LogP contribution >= 0.6 is 0 Å². The van der Waals surface area contributed by atoms with E-state index in [9.17, 15) is 0 Å². The number of hydrogen-bond donors (Lipinski definition) is 1. The van der Waals surface area contributed by atoms with Gasteiger partial charge in [0.05, 0.1) is 0 Å². The zero-order chi connectivity index (χ0) is 14.3. The third kappa shape index (κ3) is 4.22. The first-order valence-corrected chi connectivity index (χ1v) is 7.75. The molecule has 0 bridgehead atoms. The van der Waals surface area contributed by atoms with Crippen LogP contribution in [0.3, 0.4) is 0 Å². The monoisotopic (exact) mass is 277 g/mol. The van der Waals surface area contributed by atoms with E-state index in [4.69, 9.17) is 15.2 Å². The molecule has 3 heteroatoms. The summed E-state index contributed by atoms with van der Waals surface area (Å²) in [6, 6.07) is 8.34. The molecule has 0 heterocycles. The lowest BCUT2D eigenvalue weighted by atomic mass is 9.85. The van der Waals surface area contributed by atoms with E-state index in [1.165, 1.54) is 24.8 Å². The van der Waals surface area contributed by atoms with Crippen LogP contribution in [0.25, 0.3) is 0 Å². The second-order valence-electron chi connectivity index (χ2n) is 5.78. The summed E-state index contributed by atoms with van der Waals surface area (Å²) in [4.78, 5) is 0. The van der Waals surface area contributed by atoms with Crippen LogP contribution in [0.5, 0.6) is 5.75 Å². The van der Waals surface area contributed by atoms with E-state index in [1.54, 1.807) is 0 Å². The Morgan fingerprint density at radius 1 is 1.20 bits per heavy atom. The number of hydrogen-bond acceptors (Lipinski definition) is 3. The summed E-state index contributed by atoms with van der Waals surface area (Å²) < 4.78 is 11.8. The second-order valence-corrected chi connectivity index (χ2v) is 5.78. The van der Waals surface area contributed by atoms with E-state index in [1.807, 2.05) is 13.2 Å². The van der Waals surface area contributed by atoms with Gasteiger partial charge >= 0.3 is 0 Å². The van der Waals surface area contributed by atoms with E-state index in [-0.39, 0.29) is 5.60 Å². The molecule has 0 aromatic heterocycles. The zero-order valence-corrected chi connectivity index (χ0v) is 12.6. The van der Waals surface area contributed by atoms with Crippen LogP contribution in [-0.2, 0) is 11.2 Å². The highest BCUT2D eigenvalue weighted by Gasteiger charge is 2.32. The van der Waals surface area contributed by atoms with Crippen LogP contribution in [-0.4, -0.2) is 25.9 Å². The highest BCUT2D eigenvalue weighted by molar-refractivity contribution is 5.28. The molecule has 0 saturated heterocycles. The first kappa shape index (κ1) is 15.3. The molecule has 3 nitrogen and oxygen atoms in total. The molecule has 0 radical (unpaired) electrons. The summed E-state index contributed by atoms with van der Waals surface area (Å²) in [5, 5.41) is 0. The average molecular weight is 277 g/mol. The Balaban J connectivity index is 1.92. The smallest absolute Gasteiger partial charge is 0.119 e. The van der Waals surface area contributed by atoms with Crippen molar-refractivity contribution >= 4 is 0 Å². The third-order valence-electron chi connectivity index (χ3n) is 4.27. The van der Waals surface area contributed by atoms with Gasteiger partial charge in [0.25, 0.3) is 0 Å². The van der Waals surface area contributed by atoms with Crippen molar-refractivity contribution in [3.63, 3.8) is 0 Å². The minimum absolute atomic E-state index is 0.0779. The average Bonchev–Trinajstić information content (AvgIpc) is 2.52. The predicted molar refractivity (Wildman–Crippen MR) is 82.1 cm³/mol. The number of nitrogens with two attached hydrogens (primary N) is 1.